The summed E-state index contributed by atoms with van der Waals surface area (Å²) in [7, 11) is 0. The van der Waals surface area contributed by atoms with E-state index in [4.69, 9.17) is 0 Å². The minimum Gasteiger partial charge on any atom is -0.387 e. The Kier molecular flexibility index (Phi) is 6.48. The quantitative estimate of drug-likeness (QED) is 0.719. The lowest BCUT2D eigenvalue weighted by molar-refractivity contribution is 0.173. The van der Waals surface area contributed by atoms with Crippen LogP contribution < -0.4 is 10.6 Å². The van der Waals surface area contributed by atoms with Gasteiger partial charge < -0.3 is 20.6 Å². The van der Waals surface area contributed by atoms with Crippen LogP contribution in [0.2, 0.25) is 0 Å². The SMILES string of the molecule is CCCN1CCC(CNC(=O)NCC(O)c2ccsc2)C1. The van der Waals surface area contributed by atoms with Gasteiger partial charge in [-0.05, 0) is 54.2 Å². The first-order chi connectivity index (χ1) is 10.2. The molecular formula is C15H25N3O2S. The molecule has 1 aromatic rings. The highest BCUT2D eigenvalue weighted by atomic mass is 32.1. The maximum Gasteiger partial charge on any atom is 0.314 e. The van der Waals surface area contributed by atoms with E-state index in [0.29, 0.717) is 12.5 Å². The van der Waals surface area contributed by atoms with Gasteiger partial charge in [-0.15, -0.1) is 0 Å². The van der Waals surface area contributed by atoms with Gasteiger partial charge in [0.25, 0.3) is 0 Å². The van der Waals surface area contributed by atoms with Gasteiger partial charge in [-0.25, -0.2) is 4.79 Å². The van der Waals surface area contributed by atoms with Crippen molar-refractivity contribution in [3.05, 3.63) is 22.4 Å². The standard InChI is InChI=1S/C15H25N3O2S/c1-2-5-18-6-3-12(10-18)8-16-15(20)17-9-14(19)13-4-7-21-11-13/h4,7,11-12,14,19H,2-3,5-6,8-10H2,1H3,(H2,16,17,20). The first kappa shape index (κ1) is 16.3. The van der Waals surface area contributed by atoms with E-state index in [2.05, 4.69) is 22.5 Å². The van der Waals surface area contributed by atoms with Crippen molar-refractivity contribution in [1.82, 2.24) is 15.5 Å². The fourth-order valence-corrected chi connectivity index (χ4v) is 3.38. The van der Waals surface area contributed by atoms with E-state index in [1.165, 1.54) is 6.42 Å². The summed E-state index contributed by atoms with van der Waals surface area (Å²) in [5.74, 6) is 0.545. The second-order valence-corrected chi connectivity index (χ2v) is 6.40. The number of nitrogens with zero attached hydrogens (tertiary/aromatic N) is 1. The summed E-state index contributed by atoms with van der Waals surface area (Å²) >= 11 is 1.54. The Bertz CT molecular complexity index is 425. The molecule has 2 rings (SSSR count). The number of carbonyl (C=O) groups excluding carboxylic acids is 1. The number of likely N-dealkylation sites (tertiary alicyclic amines) is 1. The topological polar surface area (TPSA) is 64.6 Å². The van der Waals surface area contributed by atoms with Crippen LogP contribution in [0.1, 0.15) is 31.4 Å². The molecule has 0 radical (unpaired) electrons. The summed E-state index contributed by atoms with van der Waals surface area (Å²) in [6.45, 7) is 6.51. The van der Waals surface area contributed by atoms with Crippen LogP contribution in [0.5, 0.6) is 0 Å². The minimum atomic E-state index is -0.631. The highest BCUT2D eigenvalue weighted by Gasteiger charge is 2.22. The van der Waals surface area contributed by atoms with E-state index >= 15 is 0 Å². The zero-order valence-corrected chi connectivity index (χ0v) is 13.4. The van der Waals surface area contributed by atoms with E-state index in [1.54, 1.807) is 11.3 Å². The lowest BCUT2D eigenvalue weighted by Gasteiger charge is -2.16. The fraction of sp³-hybridized carbons (Fsp3) is 0.667. The third-order valence-corrected chi connectivity index (χ3v) is 4.55. The van der Waals surface area contributed by atoms with Gasteiger partial charge in [-0.1, -0.05) is 6.92 Å². The van der Waals surface area contributed by atoms with Crippen LogP contribution in [0.4, 0.5) is 4.79 Å². The molecule has 3 N–H and O–H groups in total. The van der Waals surface area contributed by atoms with Crippen LogP contribution in [0, 0.1) is 5.92 Å². The Hall–Kier alpha value is -1.11. The van der Waals surface area contributed by atoms with Crippen molar-refractivity contribution in [2.24, 2.45) is 5.92 Å². The number of carbonyl (C=O) groups is 1. The van der Waals surface area contributed by atoms with E-state index in [0.717, 1.165) is 31.6 Å². The smallest absolute Gasteiger partial charge is 0.314 e. The molecule has 2 atom stereocenters. The number of aliphatic hydroxyl groups excluding tert-OH is 1. The molecule has 1 fully saturated rings. The number of hydrogen-bond donors (Lipinski definition) is 3. The van der Waals surface area contributed by atoms with Crippen molar-refractivity contribution in [2.75, 3.05) is 32.7 Å². The number of aliphatic hydroxyl groups is 1. The van der Waals surface area contributed by atoms with E-state index < -0.39 is 6.10 Å². The maximum atomic E-state index is 11.7. The molecule has 1 aromatic heterocycles. The van der Waals surface area contributed by atoms with Crippen molar-refractivity contribution in [3.63, 3.8) is 0 Å². The summed E-state index contributed by atoms with van der Waals surface area (Å²) in [5, 5.41) is 19.3. The first-order valence-electron chi connectivity index (χ1n) is 7.63. The van der Waals surface area contributed by atoms with E-state index in [1.807, 2.05) is 16.8 Å². The molecule has 118 valence electrons. The normalized spacial score (nSPS) is 20.4. The largest absolute Gasteiger partial charge is 0.387 e. The van der Waals surface area contributed by atoms with Gasteiger partial charge in [0.1, 0.15) is 0 Å². The van der Waals surface area contributed by atoms with Gasteiger partial charge in [0.05, 0.1) is 6.10 Å². The third kappa shape index (κ3) is 5.30. The summed E-state index contributed by atoms with van der Waals surface area (Å²) in [4.78, 5) is 14.2. The Morgan fingerprint density at radius 2 is 2.43 bits per heavy atom. The fourth-order valence-electron chi connectivity index (χ4n) is 2.67. The second kappa shape index (κ2) is 8.36. The zero-order valence-electron chi connectivity index (χ0n) is 12.5. The average molecular weight is 311 g/mol. The van der Waals surface area contributed by atoms with Crippen LogP contribution in [0.15, 0.2) is 16.8 Å². The number of hydrogen-bond acceptors (Lipinski definition) is 4. The van der Waals surface area contributed by atoms with E-state index in [9.17, 15) is 9.90 Å². The predicted molar refractivity (Wildman–Crippen MR) is 85.5 cm³/mol. The molecule has 0 spiro atoms. The molecule has 1 aliphatic heterocycles. The van der Waals surface area contributed by atoms with Gasteiger partial charge in [-0.3, -0.25) is 0 Å². The van der Waals surface area contributed by atoms with Crippen molar-refractivity contribution in [1.29, 1.82) is 0 Å². The number of rotatable bonds is 7. The molecule has 1 saturated heterocycles. The summed E-state index contributed by atoms with van der Waals surface area (Å²) < 4.78 is 0. The highest BCUT2D eigenvalue weighted by Crippen LogP contribution is 2.16. The van der Waals surface area contributed by atoms with Crippen LogP contribution in [0.3, 0.4) is 0 Å². The molecule has 2 heterocycles. The van der Waals surface area contributed by atoms with Gasteiger partial charge in [0.2, 0.25) is 0 Å². The molecule has 2 unspecified atom stereocenters. The Labute approximate surface area is 130 Å². The molecule has 6 heteroatoms. The van der Waals surface area contributed by atoms with Gasteiger partial charge in [0.15, 0.2) is 0 Å². The van der Waals surface area contributed by atoms with Crippen LogP contribution in [0.25, 0.3) is 0 Å². The molecule has 1 aliphatic rings. The maximum absolute atomic E-state index is 11.7. The van der Waals surface area contributed by atoms with Gasteiger partial charge >= 0.3 is 6.03 Å². The predicted octanol–water partition coefficient (Wildman–Crippen LogP) is 1.81. The lowest BCUT2D eigenvalue weighted by atomic mass is 10.1. The monoisotopic (exact) mass is 311 g/mol. The van der Waals surface area contributed by atoms with Gasteiger partial charge in [0, 0.05) is 19.6 Å². The van der Waals surface area contributed by atoms with E-state index in [-0.39, 0.29) is 12.6 Å². The molecule has 2 amide bonds. The lowest BCUT2D eigenvalue weighted by Crippen LogP contribution is -2.40. The van der Waals surface area contributed by atoms with Crippen molar-refractivity contribution < 1.29 is 9.90 Å². The Balaban J connectivity index is 1.60. The van der Waals surface area contributed by atoms with Gasteiger partial charge in [-0.2, -0.15) is 11.3 Å². The first-order valence-corrected chi connectivity index (χ1v) is 8.57. The third-order valence-electron chi connectivity index (χ3n) is 3.85. The molecule has 0 aromatic carbocycles. The number of urea groups is 1. The number of nitrogens with one attached hydrogen (secondary N) is 2. The molecule has 0 bridgehead atoms. The molecule has 0 saturated carbocycles. The van der Waals surface area contributed by atoms with Crippen molar-refractivity contribution in [2.45, 2.75) is 25.9 Å². The summed E-state index contributed by atoms with van der Waals surface area (Å²) in [5.41, 5.74) is 0.853. The highest BCUT2D eigenvalue weighted by molar-refractivity contribution is 7.07. The second-order valence-electron chi connectivity index (χ2n) is 5.62. The average Bonchev–Trinajstić information content (AvgIpc) is 3.14. The minimum absolute atomic E-state index is 0.196. The number of thiophene rings is 1. The number of amides is 2. The summed E-state index contributed by atoms with van der Waals surface area (Å²) in [6, 6.07) is 1.67. The molecule has 5 nitrogen and oxygen atoms in total. The Morgan fingerprint density at radius 1 is 1.57 bits per heavy atom. The molecular weight excluding hydrogens is 286 g/mol. The summed E-state index contributed by atoms with van der Waals surface area (Å²) in [6.07, 6.45) is 1.70. The Morgan fingerprint density at radius 3 is 3.14 bits per heavy atom. The molecule has 0 aliphatic carbocycles. The van der Waals surface area contributed by atoms with Crippen LogP contribution in [-0.4, -0.2) is 48.8 Å². The van der Waals surface area contributed by atoms with Crippen molar-refractivity contribution >= 4 is 17.4 Å². The molecule has 21 heavy (non-hydrogen) atoms. The van der Waals surface area contributed by atoms with Crippen LogP contribution >= 0.6 is 11.3 Å². The van der Waals surface area contributed by atoms with Crippen molar-refractivity contribution in [3.8, 4) is 0 Å². The van der Waals surface area contributed by atoms with Crippen LogP contribution in [-0.2, 0) is 0 Å². The zero-order chi connectivity index (χ0) is 15.1.